The van der Waals surface area contributed by atoms with Crippen molar-refractivity contribution in [3.8, 4) is 0 Å². The van der Waals surface area contributed by atoms with Crippen molar-refractivity contribution in [3.05, 3.63) is 47.7 Å². The first-order chi connectivity index (χ1) is 11.2. The summed E-state index contributed by atoms with van der Waals surface area (Å²) in [6, 6.07) is 11.5. The fourth-order valence-electron chi connectivity index (χ4n) is 2.37. The van der Waals surface area contributed by atoms with Crippen molar-refractivity contribution in [1.82, 2.24) is 9.97 Å². The van der Waals surface area contributed by atoms with Crippen molar-refractivity contribution < 1.29 is 9.53 Å². The highest BCUT2D eigenvalue weighted by molar-refractivity contribution is 5.91. The number of hydrogen-bond donors (Lipinski definition) is 2. The van der Waals surface area contributed by atoms with Crippen molar-refractivity contribution >= 4 is 17.7 Å². The van der Waals surface area contributed by atoms with E-state index in [9.17, 15) is 4.79 Å². The molecule has 23 heavy (non-hydrogen) atoms. The average molecular weight is 313 g/mol. The number of ether oxygens (including phenoxy) is 1. The van der Waals surface area contributed by atoms with E-state index in [-0.39, 0.29) is 5.69 Å². The highest BCUT2D eigenvalue weighted by Crippen LogP contribution is 2.17. The minimum Gasteiger partial charge on any atom is -0.378 e. The van der Waals surface area contributed by atoms with Gasteiger partial charge in [-0.15, -0.1) is 0 Å². The summed E-state index contributed by atoms with van der Waals surface area (Å²) >= 11 is 0. The lowest BCUT2D eigenvalue weighted by molar-refractivity contribution is 0.0995. The molecule has 1 aliphatic heterocycles. The Hall–Kier alpha value is -2.67. The van der Waals surface area contributed by atoms with Crippen LogP contribution >= 0.6 is 0 Å². The summed E-state index contributed by atoms with van der Waals surface area (Å²) in [5.41, 5.74) is 6.70. The lowest BCUT2D eigenvalue weighted by Gasteiger charge is -2.28. The summed E-state index contributed by atoms with van der Waals surface area (Å²) < 4.78 is 5.34. The van der Waals surface area contributed by atoms with Gasteiger partial charge in [0.15, 0.2) is 0 Å². The van der Waals surface area contributed by atoms with Gasteiger partial charge < -0.3 is 20.7 Å². The second-order valence-electron chi connectivity index (χ2n) is 5.24. The van der Waals surface area contributed by atoms with E-state index >= 15 is 0 Å². The van der Waals surface area contributed by atoms with Gasteiger partial charge in [0.25, 0.3) is 5.91 Å². The summed E-state index contributed by atoms with van der Waals surface area (Å²) in [5.74, 6) is 0.518. The van der Waals surface area contributed by atoms with Gasteiger partial charge in [0.1, 0.15) is 11.5 Å². The Kier molecular flexibility index (Phi) is 4.68. The number of morpholine rings is 1. The van der Waals surface area contributed by atoms with Crippen LogP contribution in [0.4, 0.5) is 11.8 Å². The normalized spacial score (nSPS) is 14.5. The molecular formula is C16H19N5O2. The molecule has 7 nitrogen and oxygen atoms in total. The molecule has 0 atom stereocenters. The number of aromatic nitrogens is 2. The molecule has 0 saturated carbocycles. The van der Waals surface area contributed by atoms with E-state index in [1.807, 2.05) is 30.3 Å². The molecule has 0 aliphatic carbocycles. The van der Waals surface area contributed by atoms with Crippen LogP contribution in [0.25, 0.3) is 0 Å². The van der Waals surface area contributed by atoms with E-state index < -0.39 is 5.91 Å². The largest absolute Gasteiger partial charge is 0.378 e. The topological polar surface area (TPSA) is 93.4 Å². The molecule has 0 unspecified atom stereocenters. The summed E-state index contributed by atoms with van der Waals surface area (Å²) in [7, 11) is 0. The van der Waals surface area contributed by atoms with Crippen molar-refractivity contribution in [2.24, 2.45) is 5.73 Å². The predicted octanol–water partition coefficient (Wildman–Crippen LogP) is 1.02. The van der Waals surface area contributed by atoms with Gasteiger partial charge >= 0.3 is 0 Å². The van der Waals surface area contributed by atoms with Crippen LogP contribution in [-0.4, -0.2) is 42.2 Å². The lowest BCUT2D eigenvalue weighted by Crippen LogP contribution is -2.37. The number of amides is 1. The molecule has 3 N–H and O–H groups in total. The fourth-order valence-corrected chi connectivity index (χ4v) is 2.37. The van der Waals surface area contributed by atoms with Gasteiger partial charge in [-0.1, -0.05) is 30.3 Å². The molecule has 2 aromatic rings. The number of carbonyl (C=O) groups excluding carboxylic acids is 1. The average Bonchev–Trinajstić information content (AvgIpc) is 2.61. The summed E-state index contributed by atoms with van der Waals surface area (Å²) in [6.07, 6.45) is 0. The number of nitrogens with one attached hydrogen (secondary N) is 1. The van der Waals surface area contributed by atoms with Crippen LogP contribution in [0.15, 0.2) is 36.4 Å². The molecule has 7 heteroatoms. The van der Waals surface area contributed by atoms with Crippen LogP contribution in [0.2, 0.25) is 0 Å². The van der Waals surface area contributed by atoms with Gasteiger partial charge in [0, 0.05) is 25.7 Å². The fraction of sp³-hybridized carbons (Fsp3) is 0.312. The lowest BCUT2D eigenvalue weighted by atomic mass is 10.2. The van der Waals surface area contributed by atoms with Gasteiger partial charge in [-0.3, -0.25) is 4.79 Å². The van der Waals surface area contributed by atoms with Crippen LogP contribution in [0.3, 0.4) is 0 Å². The molecule has 1 aromatic carbocycles. The number of anilines is 2. The number of rotatable bonds is 5. The third kappa shape index (κ3) is 3.95. The second-order valence-corrected chi connectivity index (χ2v) is 5.24. The van der Waals surface area contributed by atoms with E-state index in [0.717, 1.165) is 18.7 Å². The summed E-state index contributed by atoms with van der Waals surface area (Å²) in [4.78, 5) is 22.3. The quantitative estimate of drug-likeness (QED) is 0.856. The van der Waals surface area contributed by atoms with Crippen LogP contribution in [0.1, 0.15) is 16.1 Å². The Morgan fingerprint density at radius 3 is 2.65 bits per heavy atom. The molecule has 3 rings (SSSR count). The van der Waals surface area contributed by atoms with E-state index in [1.165, 1.54) is 0 Å². The van der Waals surface area contributed by atoms with E-state index in [1.54, 1.807) is 6.07 Å². The maximum absolute atomic E-state index is 11.5. The number of hydrogen-bond acceptors (Lipinski definition) is 6. The van der Waals surface area contributed by atoms with Crippen LogP contribution in [0.5, 0.6) is 0 Å². The Morgan fingerprint density at radius 1 is 1.22 bits per heavy atom. The Morgan fingerprint density at radius 2 is 1.96 bits per heavy atom. The number of carbonyl (C=O) groups is 1. The maximum atomic E-state index is 11.5. The standard InChI is InChI=1S/C16H19N5O2/c17-15(22)13-10-14(21-6-8-23-9-7-21)20-16(19-13)18-11-12-4-2-1-3-5-12/h1-5,10H,6-9,11H2,(H2,17,22)(H,18,19,20). The van der Waals surface area contributed by atoms with Crippen molar-refractivity contribution in [2.75, 3.05) is 36.5 Å². The summed E-state index contributed by atoms with van der Waals surface area (Å²) in [6.45, 7) is 3.32. The zero-order valence-electron chi connectivity index (χ0n) is 12.7. The van der Waals surface area contributed by atoms with E-state index in [0.29, 0.717) is 31.5 Å². The minimum atomic E-state index is -0.565. The van der Waals surface area contributed by atoms with Gasteiger partial charge in [0.2, 0.25) is 5.95 Å². The van der Waals surface area contributed by atoms with Crippen molar-refractivity contribution in [3.63, 3.8) is 0 Å². The first kappa shape index (κ1) is 15.2. The van der Waals surface area contributed by atoms with Crippen LogP contribution in [-0.2, 0) is 11.3 Å². The molecule has 0 bridgehead atoms. The highest BCUT2D eigenvalue weighted by atomic mass is 16.5. The molecule has 1 aromatic heterocycles. The molecule has 1 amide bonds. The smallest absolute Gasteiger partial charge is 0.267 e. The molecule has 0 radical (unpaired) electrons. The van der Waals surface area contributed by atoms with Gasteiger partial charge in [-0.2, -0.15) is 4.98 Å². The Balaban J connectivity index is 1.80. The zero-order valence-corrected chi connectivity index (χ0v) is 12.7. The third-order valence-corrected chi connectivity index (χ3v) is 3.59. The number of benzene rings is 1. The zero-order chi connectivity index (χ0) is 16.1. The molecular weight excluding hydrogens is 294 g/mol. The minimum absolute atomic E-state index is 0.206. The maximum Gasteiger partial charge on any atom is 0.267 e. The monoisotopic (exact) mass is 313 g/mol. The van der Waals surface area contributed by atoms with Crippen molar-refractivity contribution in [2.45, 2.75) is 6.54 Å². The first-order valence-electron chi connectivity index (χ1n) is 7.52. The molecule has 2 heterocycles. The first-order valence-corrected chi connectivity index (χ1v) is 7.52. The van der Waals surface area contributed by atoms with Crippen LogP contribution < -0.4 is 16.0 Å². The number of nitrogens with zero attached hydrogens (tertiary/aromatic N) is 3. The van der Waals surface area contributed by atoms with Crippen LogP contribution in [0, 0.1) is 0 Å². The SMILES string of the molecule is NC(=O)c1cc(N2CCOCC2)nc(NCc2ccccc2)n1. The van der Waals surface area contributed by atoms with E-state index in [2.05, 4.69) is 20.2 Å². The number of primary amides is 1. The molecule has 1 aliphatic rings. The van der Waals surface area contributed by atoms with E-state index in [4.69, 9.17) is 10.5 Å². The second kappa shape index (κ2) is 7.06. The Labute approximate surface area is 134 Å². The highest BCUT2D eigenvalue weighted by Gasteiger charge is 2.16. The van der Waals surface area contributed by atoms with Gasteiger partial charge in [-0.05, 0) is 5.56 Å². The molecule has 1 saturated heterocycles. The Bertz CT molecular complexity index is 671. The third-order valence-electron chi connectivity index (χ3n) is 3.59. The molecule has 0 spiro atoms. The summed E-state index contributed by atoms with van der Waals surface area (Å²) in [5, 5.41) is 3.15. The number of nitrogens with two attached hydrogens (primary N) is 1. The molecule has 120 valence electrons. The van der Waals surface area contributed by atoms with Crippen molar-refractivity contribution in [1.29, 1.82) is 0 Å². The predicted molar refractivity (Wildman–Crippen MR) is 87.4 cm³/mol. The van der Waals surface area contributed by atoms with Gasteiger partial charge in [0.05, 0.1) is 13.2 Å². The molecule has 1 fully saturated rings. The van der Waals surface area contributed by atoms with Gasteiger partial charge in [-0.25, -0.2) is 4.98 Å².